The molecular weight excluding hydrogens is 256 g/mol. The predicted molar refractivity (Wildman–Crippen MR) is 75.6 cm³/mol. The van der Waals surface area contributed by atoms with Crippen molar-refractivity contribution in [1.29, 1.82) is 0 Å². The molecule has 1 aliphatic rings. The van der Waals surface area contributed by atoms with Gasteiger partial charge in [-0.15, -0.1) is 0 Å². The first-order valence-corrected chi connectivity index (χ1v) is 6.77. The monoisotopic (exact) mass is 274 g/mol. The van der Waals surface area contributed by atoms with E-state index in [2.05, 4.69) is 5.32 Å². The summed E-state index contributed by atoms with van der Waals surface area (Å²) in [6.45, 7) is 0.848. The molecule has 1 amide bonds. The number of carbonyl (C=O) groups is 1. The van der Waals surface area contributed by atoms with E-state index >= 15 is 0 Å². The number of aryl methyl sites for hydroxylation is 1. The van der Waals surface area contributed by atoms with E-state index in [1.165, 1.54) is 0 Å². The molecule has 2 N–H and O–H groups in total. The van der Waals surface area contributed by atoms with Gasteiger partial charge in [0.2, 0.25) is 0 Å². The van der Waals surface area contributed by atoms with Gasteiger partial charge in [-0.3, -0.25) is 4.79 Å². The third kappa shape index (κ3) is 2.42. The van der Waals surface area contributed by atoms with Crippen LogP contribution in [0.3, 0.4) is 0 Å². The Hall–Kier alpha value is -1.85. The van der Waals surface area contributed by atoms with E-state index in [0.29, 0.717) is 18.6 Å². The average molecular weight is 274 g/mol. The molecule has 0 radical (unpaired) electrons. The zero-order chi connectivity index (χ0) is 14.1. The number of aliphatic hydroxyl groups is 1. The summed E-state index contributed by atoms with van der Waals surface area (Å²) in [6, 6.07) is 7.39. The van der Waals surface area contributed by atoms with E-state index in [0.717, 1.165) is 10.9 Å². The number of nitrogens with zero attached hydrogens (tertiary/aromatic N) is 1. The second-order valence-corrected chi connectivity index (χ2v) is 5.21. The number of aliphatic hydroxyl groups excluding tert-OH is 1. The third-order valence-electron chi connectivity index (χ3n) is 3.79. The van der Waals surface area contributed by atoms with Crippen molar-refractivity contribution in [2.45, 2.75) is 18.6 Å². The van der Waals surface area contributed by atoms with Crippen molar-refractivity contribution >= 4 is 16.8 Å². The van der Waals surface area contributed by atoms with Gasteiger partial charge in [-0.1, -0.05) is 6.07 Å². The minimum atomic E-state index is -0.633. The van der Waals surface area contributed by atoms with E-state index < -0.39 is 6.10 Å². The Kier molecular flexibility index (Phi) is 3.46. The van der Waals surface area contributed by atoms with Crippen LogP contribution in [0.1, 0.15) is 16.8 Å². The van der Waals surface area contributed by atoms with Gasteiger partial charge in [0.05, 0.1) is 18.8 Å². The summed E-state index contributed by atoms with van der Waals surface area (Å²) in [5.41, 5.74) is 1.63. The molecule has 2 aromatic rings. The molecule has 1 saturated heterocycles. The van der Waals surface area contributed by atoms with Crippen LogP contribution < -0.4 is 5.32 Å². The highest BCUT2D eigenvalue weighted by atomic mass is 16.5. The molecule has 0 aliphatic carbocycles. The number of hydrogen-bond donors (Lipinski definition) is 2. The molecule has 5 heteroatoms. The minimum Gasteiger partial charge on any atom is -0.389 e. The molecule has 2 atom stereocenters. The number of carbonyl (C=O) groups excluding carboxylic acids is 1. The van der Waals surface area contributed by atoms with Gasteiger partial charge in [-0.05, 0) is 30.0 Å². The predicted octanol–water partition coefficient (Wildman–Crippen LogP) is 1.06. The van der Waals surface area contributed by atoms with Crippen LogP contribution in [0, 0.1) is 0 Å². The SMILES string of the molecule is Cn1ccc2ccc(C(=O)N[C@@H]3CCOC[C@H]3O)cc21. The van der Waals surface area contributed by atoms with Crippen LogP contribution in [0.4, 0.5) is 0 Å². The van der Waals surface area contributed by atoms with Gasteiger partial charge in [0.1, 0.15) is 0 Å². The van der Waals surface area contributed by atoms with Crippen molar-refractivity contribution in [2.75, 3.05) is 13.2 Å². The van der Waals surface area contributed by atoms with Crippen LogP contribution >= 0.6 is 0 Å². The third-order valence-corrected chi connectivity index (χ3v) is 3.79. The maximum atomic E-state index is 12.3. The molecule has 5 nitrogen and oxygen atoms in total. The fourth-order valence-corrected chi connectivity index (χ4v) is 2.55. The highest BCUT2D eigenvalue weighted by molar-refractivity contribution is 5.98. The first kappa shape index (κ1) is 13.1. The van der Waals surface area contributed by atoms with Gasteiger partial charge in [0.25, 0.3) is 5.91 Å². The Balaban J connectivity index is 1.79. The van der Waals surface area contributed by atoms with Crippen LogP contribution in [0.15, 0.2) is 30.5 Å². The highest BCUT2D eigenvalue weighted by Crippen LogP contribution is 2.17. The number of hydrogen-bond acceptors (Lipinski definition) is 3. The number of amides is 1. The number of aromatic nitrogens is 1. The first-order chi connectivity index (χ1) is 9.65. The van der Waals surface area contributed by atoms with E-state index in [4.69, 9.17) is 4.74 Å². The quantitative estimate of drug-likeness (QED) is 0.860. The van der Waals surface area contributed by atoms with Crippen LogP contribution in [0.25, 0.3) is 10.9 Å². The molecule has 0 unspecified atom stereocenters. The molecule has 1 aromatic carbocycles. The Labute approximate surface area is 117 Å². The molecule has 0 bridgehead atoms. The van der Waals surface area contributed by atoms with Gasteiger partial charge < -0.3 is 19.7 Å². The maximum Gasteiger partial charge on any atom is 0.251 e. The topological polar surface area (TPSA) is 63.5 Å². The minimum absolute atomic E-state index is 0.154. The van der Waals surface area contributed by atoms with Crippen molar-refractivity contribution in [3.8, 4) is 0 Å². The van der Waals surface area contributed by atoms with E-state index in [-0.39, 0.29) is 18.6 Å². The number of benzene rings is 1. The lowest BCUT2D eigenvalue weighted by Gasteiger charge is -2.28. The zero-order valence-electron chi connectivity index (χ0n) is 11.4. The summed E-state index contributed by atoms with van der Waals surface area (Å²) in [6.07, 6.45) is 1.97. The van der Waals surface area contributed by atoms with Crippen molar-refractivity contribution in [2.24, 2.45) is 7.05 Å². The summed E-state index contributed by atoms with van der Waals surface area (Å²) >= 11 is 0. The fourth-order valence-electron chi connectivity index (χ4n) is 2.55. The molecule has 1 aromatic heterocycles. The number of ether oxygens (including phenoxy) is 1. The molecule has 20 heavy (non-hydrogen) atoms. The standard InChI is InChI=1S/C15H18N2O3/c1-17-6-4-10-2-3-11(8-13(10)17)15(19)16-12-5-7-20-9-14(12)18/h2-4,6,8,12,14,18H,5,7,9H2,1H3,(H,16,19)/t12-,14-/m1/s1. The molecule has 2 heterocycles. The molecular formula is C15H18N2O3. The largest absolute Gasteiger partial charge is 0.389 e. The van der Waals surface area contributed by atoms with Crippen LogP contribution in [0.2, 0.25) is 0 Å². The molecule has 0 spiro atoms. The normalized spacial score (nSPS) is 22.9. The van der Waals surface area contributed by atoms with Crippen molar-refractivity contribution < 1.29 is 14.6 Å². The fraction of sp³-hybridized carbons (Fsp3) is 0.400. The van der Waals surface area contributed by atoms with E-state index in [1.807, 2.05) is 42.1 Å². The Morgan fingerprint density at radius 3 is 3.10 bits per heavy atom. The zero-order valence-corrected chi connectivity index (χ0v) is 11.4. The Bertz CT molecular complexity index is 635. The summed E-state index contributed by atoms with van der Waals surface area (Å²) in [5, 5.41) is 13.8. The summed E-state index contributed by atoms with van der Waals surface area (Å²) < 4.78 is 7.14. The molecule has 1 aliphatic heterocycles. The van der Waals surface area contributed by atoms with E-state index in [1.54, 1.807) is 0 Å². The van der Waals surface area contributed by atoms with Crippen molar-refractivity contribution in [1.82, 2.24) is 9.88 Å². The molecule has 3 rings (SSSR count). The van der Waals surface area contributed by atoms with Crippen LogP contribution in [-0.4, -0.2) is 40.9 Å². The Morgan fingerprint density at radius 1 is 1.45 bits per heavy atom. The van der Waals surface area contributed by atoms with E-state index in [9.17, 15) is 9.90 Å². The first-order valence-electron chi connectivity index (χ1n) is 6.77. The molecule has 106 valence electrons. The lowest BCUT2D eigenvalue weighted by molar-refractivity contribution is -0.0260. The van der Waals surface area contributed by atoms with Gasteiger partial charge in [-0.25, -0.2) is 0 Å². The van der Waals surface area contributed by atoms with Crippen LogP contribution in [-0.2, 0) is 11.8 Å². The highest BCUT2D eigenvalue weighted by Gasteiger charge is 2.25. The second-order valence-electron chi connectivity index (χ2n) is 5.21. The number of rotatable bonds is 2. The summed E-state index contributed by atoms with van der Waals surface area (Å²) in [4.78, 5) is 12.3. The van der Waals surface area contributed by atoms with Gasteiger partial charge in [0, 0.05) is 30.9 Å². The second kappa shape index (κ2) is 5.26. The van der Waals surface area contributed by atoms with Gasteiger partial charge >= 0.3 is 0 Å². The smallest absolute Gasteiger partial charge is 0.251 e. The molecule has 0 saturated carbocycles. The summed E-state index contributed by atoms with van der Waals surface area (Å²) in [5.74, 6) is -0.154. The van der Waals surface area contributed by atoms with Gasteiger partial charge in [0.15, 0.2) is 0 Å². The Morgan fingerprint density at radius 2 is 2.30 bits per heavy atom. The van der Waals surface area contributed by atoms with Gasteiger partial charge in [-0.2, -0.15) is 0 Å². The average Bonchev–Trinajstić information content (AvgIpc) is 2.82. The lowest BCUT2D eigenvalue weighted by atomic mass is 10.1. The maximum absolute atomic E-state index is 12.3. The number of fused-ring (bicyclic) bond motifs is 1. The summed E-state index contributed by atoms with van der Waals surface area (Å²) in [7, 11) is 1.95. The number of nitrogens with one attached hydrogen (secondary N) is 1. The van der Waals surface area contributed by atoms with Crippen molar-refractivity contribution in [3.63, 3.8) is 0 Å². The molecule has 1 fully saturated rings. The van der Waals surface area contributed by atoms with Crippen molar-refractivity contribution in [3.05, 3.63) is 36.0 Å². The van der Waals surface area contributed by atoms with Crippen LogP contribution in [0.5, 0.6) is 0 Å². The lowest BCUT2D eigenvalue weighted by Crippen LogP contribution is -2.48.